The largest absolute Gasteiger partial charge is 0.447 e. The summed E-state index contributed by atoms with van der Waals surface area (Å²) in [6.07, 6.45) is 4.02. The smallest absolute Gasteiger partial charge is 0.415 e. The van der Waals surface area contributed by atoms with E-state index in [4.69, 9.17) is 4.74 Å². The van der Waals surface area contributed by atoms with E-state index in [1.54, 1.807) is 35.5 Å². The first-order valence-corrected chi connectivity index (χ1v) is 11.7. The minimum Gasteiger partial charge on any atom is -0.447 e. The van der Waals surface area contributed by atoms with Gasteiger partial charge in [0.05, 0.1) is 24.0 Å². The number of hydrogen-bond acceptors (Lipinski definition) is 8. The Labute approximate surface area is 209 Å². The zero-order valence-corrected chi connectivity index (χ0v) is 20.4. The highest BCUT2D eigenvalue weighted by Crippen LogP contribution is 2.27. The molecule has 1 saturated heterocycles. The number of nitrogens with zero attached hydrogens (tertiary/aromatic N) is 4. The van der Waals surface area contributed by atoms with Gasteiger partial charge >= 0.3 is 6.09 Å². The standard InChI is InChI=1S/C26H29N7O3/c1-5-24(34)31-20-10-11-22(28-14-20)30-19-8-6-18(7-9-19)17(4)29-25-27-13-12-23(32-25)33-21(16(2)3)15-36-26(33)35/h5-14,16-17,21H,1,15H2,2-4H3,(H,28,30)(H,31,34)(H,27,29,32)/t17?,21-/m1/s1. The van der Waals surface area contributed by atoms with Crippen LogP contribution in [0.2, 0.25) is 0 Å². The lowest BCUT2D eigenvalue weighted by Gasteiger charge is -2.23. The van der Waals surface area contributed by atoms with E-state index < -0.39 is 0 Å². The Bertz CT molecular complexity index is 1230. The molecule has 2 aromatic heterocycles. The van der Waals surface area contributed by atoms with Gasteiger partial charge in [0.25, 0.3) is 0 Å². The zero-order chi connectivity index (χ0) is 25.7. The fourth-order valence-corrected chi connectivity index (χ4v) is 3.76. The van der Waals surface area contributed by atoms with Crippen LogP contribution in [0.5, 0.6) is 0 Å². The molecule has 3 N–H and O–H groups in total. The van der Waals surface area contributed by atoms with Crippen LogP contribution < -0.4 is 20.9 Å². The molecule has 3 heterocycles. The topological polar surface area (TPSA) is 121 Å². The van der Waals surface area contributed by atoms with E-state index in [0.717, 1.165) is 11.3 Å². The van der Waals surface area contributed by atoms with Crippen molar-refractivity contribution in [1.82, 2.24) is 15.0 Å². The normalized spacial score (nSPS) is 15.8. The van der Waals surface area contributed by atoms with E-state index in [1.165, 1.54) is 6.08 Å². The summed E-state index contributed by atoms with van der Waals surface area (Å²) in [6, 6.07) is 13.0. The average molecular weight is 488 g/mol. The van der Waals surface area contributed by atoms with Crippen LogP contribution in [0.1, 0.15) is 32.4 Å². The molecular formula is C26H29N7O3. The highest BCUT2D eigenvalue weighted by atomic mass is 16.6. The number of benzene rings is 1. The molecule has 10 nitrogen and oxygen atoms in total. The van der Waals surface area contributed by atoms with Crippen molar-refractivity contribution in [2.45, 2.75) is 32.9 Å². The molecule has 36 heavy (non-hydrogen) atoms. The molecule has 2 amide bonds. The van der Waals surface area contributed by atoms with E-state index in [0.29, 0.717) is 29.9 Å². The van der Waals surface area contributed by atoms with Crippen LogP contribution in [0.3, 0.4) is 0 Å². The second-order valence-corrected chi connectivity index (χ2v) is 8.74. The Kier molecular flexibility index (Phi) is 7.43. The first-order chi connectivity index (χ1) is 17.3. The number of pyridine rings is 1. The molecule has 1 aromatic carbocycles. The number of carbonyl (C=O) groups is 2. The van der Waals surface area contributed by atoms with Gasteiger partial charge in [-0.05, 0) is 54.8 Å². The van der Waals surface area contributed by atoms with Crippen LogP contribution in [-0.2, 0) is 9.53 Å². The Morgan fingerprint density at radius 2 is 1.86 bits per heavy atom. The highest BCUT2D eigenvalue weighted by molar-refractivity contribution is 5.98. The molecule has 10 heteroatoms. The van der Waals surface area contributed by atoms with Gasteiger partial charge in [-0.2, -0.15) is 4.98 Å². The third-order valence-electron chi connectivity index (χ3n) is 5.81. The molecule has 0 aliphatic carbocycles. The zero-order valence-electron chi connectivity index (χ0n) is 20.4. The van der Waals surface area contributed by atoms with Crippen molar-refractivity contribution in [3.63, 3.8) is 0 Å². The molecule has 186 valence electrons. The van der Waals surface area contributed by atoms with Gasteiger partial charge in [0.2, 0.25) is 11.9 Å². The van der Waals surface area contributed by atoms with Gasteiger partial charge in [-0.25, -0.2) is 14.8 Å². The van der Waals surface area contributed by atoms with Gasteiger partial charge < -0.3 is 20.7 Å². The van der Waals surface area contributed by atoms with Gasteiger partial charge in [-0.1, -0.05) is 32.6 Å². The molecule has 2 atom stereocenters. The SMILES string of the molecule is C=CC(=O)Nc1ccc(Nc2ccc(C(C)Nc3nccc(N4C(=O)OC[C@@H]4C(C)C)n3)cc2)nc1. The minimum atomic E-state index is -0.389. The Hall–Kier alpha value is -4.47. The van der Waals surface area contributed by atoms with E-state index in [9.17, 15) is 9.59 Å². The number of amides is 2. The highest BCUT2D eigenvalue weighted by Gasteiger charge is 2.37. The van der Waals surface area contributed by atoms with Crippen molar-refractivity contribution in [3.05, 3.63) is 73.1 Å². The minimum absolute atomic E-state index is 0.0608. The fourth-order valence-electron chi connectivity index (χ4n) is 3.76. The number of hydrogen-bond donors (Lipinski definition) is 3. The Morgan fingerprint density at radius 1 is 1.11 bits per heavy atom. The van der Waals surface area contributed by atoms with Crippen LogP contribution in [0, 0.1) is 5.92 Å². The van der Waals surface area contributed by atoms with Crippen molar-refractivity contribution in [3.8, 4) is 0 Å². The quantitative estimate of drug-likeness (QED) is 0.365. The van der Waals surface area contributed by atoms with Crippen LogP contribution in [0.15, 0.2) is 67.5 Å². The predicted molar refractivity (Wildman–Crippen MR) is 139 cm³/mol. The van der Waals surface area contributed by atoms with Crippen LogP contribution in [0.25, 0.3) is 0 Å². The summed E-state index contributed by atoms with van der Waals surface area (Å²) >= 11 is 0. The first-order valence-electron chi connectivity index (χ1n) is 11.7. The van der Waals surface area contributed by atoms with Crippen LogP contribution in [-0.4, -0.2) is 39.6 Å². The number of nitrogens with one attached hydrogen (secondary N) is 3. The van der Waals surface area contributed by atoms with E-state index >= 15 is 0 Å². The molecule has 1 fully saturated rings. The fraction of sp³-hybridized carbons (Fsp3) is 0.269. The molecule has 1 aliphatic heterocycles. The molecule has 0 radical (unpaired) electrons. The Morgan fingerprint density at radius 3 is 2.53 bits per heavy atom. The summed E-state index contributed by atoms with van der Waals surface area (Å²) in [6.45, 7) is 9.90. The van der Waals surface area contributed by atoms with Crippen molar-refractivity contribution in [1.29, 1.82) is 0 Å². The van der Waals surface area contributed by atoms with Crippen molar-refractivity contribution in [2.24, 2.45) is 5.92 Å². The maximum Gasteiger partial charge on any atom is 0.415 e. The summed E-state index contributed by atoms with van der Waals surface area (Å²) in [5.41, 5.74) is 2.49. The molecule has 0 saturated carbocycles. The van der Waals surface area contributed by atoms with E-state index in [2.05, 4.69) is 51.3 Å². The van der Waals surface area contributed by atoms with Gasteiger partial charge in [-0.3, -0.25) is 9.69 Å². The van der Waals surface area contributed by atoms with Crippen molar-refractivity contribution >= 4 is 41.0 Å². The molecular weight excluding hydrogens is 458 g/mol. The molecule has 4 rings (SSSR count). The number of anilines is 5. The predicted octanol–water partition coefficient (Wildman–Crippen LogP) is 4.89. The van der Waals surface area contributed by atoms with Gasteiger partial charge in [0.1, 0.15) is 18.2 Å². The maximum absolute atomic E-state index is 12.3. The number of aromatic nitrogens is 3. The third-order valence-corrected chi connectivity index (χ3v) is 5.81. The lowest BCUT2D eigenvalue weighted by Crippen LogP contribution is -2.37. The summed E-state index contributed by atoms with van der Waals surface area (Å²) < 4.78 is 5.24. The molecule has 0 spiro atoms. The molecule has 1 aliphatic rings. The number of rotatable bonds is 9. The number of carbonyl (C=O) groups excluding carboxylic acids is 2. The lowest BCUT2D eigenvalue weighted by molar-refractivity contribution is -0.111. The second kappa shape index (κ2) is 10.9. The third kappa shape index (κ3) is 5.77. The van der Waals surface area contributed by atoms with E-state index in [-0.39, 0.29) is 30.0 Å². The molecule has 3 aromatic rings. The summed E-state index contributed by atoms with van der Waals surface area (Å²) in [4.78, 5) is 38.4. The van der Waals surface area contributed by atoms with Crippen molar-refractivity contribution < 1.29 is 14.3 Å². The van der Waals surface area contributed by atoms with Crippen LogP contribution in [0.4, 0.5) is 33.8 Å². The van der Waals surface area contributed by atoms with Gasteiger partial charge in [-0.15, -0.1) is 0 Å². The Balaban J connectivity index is 1.39. The van der Waals surface area contributed by atoms with Gasteiger partial charge in [0, 0.05) is 11.9 Å². The lowest BCUT2D eigenvalue weighted by atomic mass is 10.0. The van der Waals surface area contributed by atoms with Gasteiger partial charge in [0.15, 0.2) is 0 Å². The molecule has 1 unspecified atom stereocenters. The summed E-state index contributed by atoms with van der Waals surface area (Å²) in [7, 11) is 0. The van der Waals surface area contributed by atoms with E-state index in [1.807, 2.05) is 31.2 Å². The van der Waals surface area contributed by atoms with Crippen molar-refractivity contribution in [2.75, 3.05) is 27.5 Å². The number of cyclic esters (lactones) is 1. The summed E-state index contributed by atoms with van der Waals surface area (Å²) in [5, 5.41) is 9.19. The molecule has 0 bridgehead atoms. The average Bonchev–Trinajstić information content (AvgIpc) is 3.27. The number of ether oxygens (including phenoxy) is 1. The monoisotopic (exact) mass is 487 g/mol. The maximum atomic E-state index is 12.3. The second-order valence-electron chi connectivity index (χ2n) is 8.74. The first kappa shape index (κ1) is 24.6. The van der Waals surface area contributed by atoms with Crippen LogP contribution >= 0.6 is 0 Å². The summed E-state index contributed by atoms with van der Waals surface area (Å²) in [5.74, 6) is 1.54.